The van der Waals surface area contributed by atoms with Gasteiger partial charge in [-0.15, -0.1) is 0 Å². The zero-order chi connectivity index (χ0) is 14.4. The fourth-order valence-corrected chi connectivity index (χ4v) is 3.77. The molecule has 21 heavy (non-hydrogen) atoms. The Hall–Kier alpha value is -1.59. The molecule has 0 saturated carbocycles. The largest absolute Gasteiger partial charge is 0.439 e. The summed E-state index contributed by atoms with van der Waals surface area (Å²) in [6.45, 7) is 3.05. The standard InChI is InChI=1S/C16H22N4O/c1-19-12-3-4-13(19)9-20(7-6-12)10-16-18-14-8-11(17)2-5-15(14)21-16/h2,5,8,12-13H,3-4,6-7,9-10,17H2,1H3. The van der Waals surface area contributed by atoms with E-state index in [0.29, 0.717) is 6.04 Å². The Bertz CT molecular complexity index is 653. The van der Waals surface area contributed by atoms with Crippen LogP contribution in [0, 0.1) is 0 Å². The van der Waals surface area contributed by atoms with E-state index in [1.165, 1.54) is 19.3 Å². The number of nitrogens with zero attached hydrogens (tertiary/aromatic N) is 3. The number of fused-ring (bicyclic) bond motifs is 3. The predicted octanol–water partition coefficient (Wildman–Crippen LogP) is 2.08. The molecule has 0 spiro atoms. The van der Waals surface area contributed by atoms with Gasteiger partial charge in [0.2, 0.25) is 5.89 Å². The van der Waals surface area contributed by atoms with Gasteiger partial charge >= 0.3 is 0 Å². The van der Waals surface area contributed by atoms with Gasteiger partial charge in [-0.25, -0.2) is 4.98 Å². The minimum atomic E-state index is 0.692. The Morgan fingerprint density at radius 3 is 3.05 bits per heavy atom. The topological polar surface area (TPSA) is 58.5 Å². The van der Waals surface area contributed by atoms with Crippen LogP contribution in [0.15, 0.2) is 22.6 Å². The quantitative estimate of drug-likeness (QED) is 0.857. The Morgan fingerprint density at radius 1 is 1.29 bits per heavy atom. The molecule has 1 aromatic carbocycles. The smallest absolute Gasteiger partial charge is 0.209 e. The van der Waals surface area contributed by atoms with Gasteiger partial charge in [0, 0.05) is 30.9 Å². The Labute approximate surface area is 124 Å². The van der Waals surface area contributed by atoms with Crippen molar-refractivity contribution in [3.8, 4) is 0 Å². The highest BCUT2D eigenvalue weighted by atomic mass is 16.3. The molecule has 3 heterocycles. The molecule has 4 rings (SSSR count). The summed E-state index contributed by atoms with van der Waals surface area (Å²) in [5.41, 5.74) is 8.22. The zero-order valence-electron chi connectivity index (χ0n) is 12.5. The fourth-order valence-electron chi connectivity index (χ4n) is 3.77. The first-order chi connectivity index (χ1) is 10.2. The molecule has 0 aliphatic carbocycles. The molecule has 5 nitrogen and oxygen atoms in total. The van der Waals surface area contributed by atoms with E-state index in [-0.39, 0.29) is 0 Å². The van der Waals surface area contributed by atoms with E-state index in [1.54, 1.807) is 0 Å². The number of likely N-dealkylation sites (N-methyl/N-ethyl adjacent to an activating group) is 1. The van der Waals surface area contributed by atoms with E-state index < -0.39 is 0 Å². The second-order valence-electron chi connectivity index (χ2n) is 6.41. The average Bonchev–Trinajstić information content (AvgIpc) is 2.93. The van der Waals surface area contributed by atoms with E-state index in [4.69, 9.17) is 10.2 Å². The number of oxazole rings is 1. The number of nitrogens with two attached hydrogens (primary N) is 1. The molecule has 2 saturated heterocycles. The van der Waals surface area contributed by atoms with Gasteiger partial charge in [0.15, 0.2) is 5.58 Å². The summed E-state index contributed by atoms with van der Waals surface area (Å²) in [4.78, 5) is 9.62. The molecule has 112 valence electrons. The average molecular weight is 286 g/mol. The van der Waals surface area contributed by atoms with Crippen LogP contribution in [0.1, 0.15) is 25.2 Å². The van der Waals surface area contributed by atoms with Gasteiger partial charge in [-0.3, -0.25) is 9.80 Å². The van der Waals surface area contributed by atoms with Gasteiger partial charge in [0.1, 0.15) is 5.52 Å². The number of benzene rings is 1. The molecular formula is C16H22N4O. The third-order valence-electron chi connectivity index (χ3n) is 5.05. The molecule has 2 fully saturated rings. The summed E-state index contributed by atoms with van der Waals surface area (Å²) < 4.78 is 5.85. The first kappa shape index (κ1) is 13.1. The zero-order valence-corrected chi connectivity index (χ0v) is 12.5. The number of aromatic nitrogens is 1. The van der Waals surface area contributed by atoms with Gasteiger partial charge in [-0.05, 0) is 44.5 Å². The summed E-state index contributed by atoms with van der Waals surface area (Å²) in [5, 5.41) is 0. The van der Waals surface area contributed by atoms with E-state index in [9.17, 15) is 0 Å². The maximum atomic E-state index is 5.85. The summed E-state index contributed by atoms with van der Waals surface area (Å²) in [6.07, 6.45) is 3.93. The molecule has 2 bridgehead atoms. The van der Waals surface area contributed by atoms with Gasteiger partial charge in [0.25, 0.3) is 0 Å². The molecule has 0 radical (unpaired) electrons. The molecule has 2 atom stereocenters. The summed E-state index contributed by atoms with van der Waals surface area (Å²) >= 11 is 0. The van der Waals surface area contributed by atoms with Crippen LogP contribution in [-0.2, 0) is 6.54 Å². The van der Waals surface area contributed by atoms with Crippen molar-refractivity contribution in [3.63, 3.8) is 0 Å². The van der Waals surface area contributed by atoms with Crippen molar-refractivity contribution in [2.45, 2.75) is 37.9 Å². The molecule has 2 aliphatic heterocycles. The SMILES string of the molecule is CN1C2CCC1CN(Cc1nc3cc(N)ccc3o1)CC2. The lowest BCUT2D eigenvalue weighted by Gasteiger charge is -2.24. The summed E-state index contributed by atoms with van der Waals surface area (Å²) in [5.74, 6) is 0.802. The summed E-state index contributed by atoms with van der Waals surface area (Å²) in [7, 11) is 2.27. The third kappa shape index (κ3) is 2.40. The molecule has 0 amide bonds. The lowest BCUT2D eigenvalue weighted by atomic mass is 10.1. The predicted molar refractivity (Wildman–Crippen MR) is 82.9 cm³/mol. The second kappa shape index (κ2) is 5.00. The van der Waals surface area contributed by atoms with Crippen molar-refractivity contribution in [3.05, 3.63) is 24.1 Å². The van der Waals surface area contributed by atoms with Gasteiger partial charge in [0.05, 0.1) is 6.54 Å². The third-order valence-corrected chi connectivity index (χ3v) is 5.05. The van der Waals surface area contributed by atoms with Gasteiger partial charge in [-0.2, -0.15) is 0 Å². The van der Waals surface area contributed by atoms with Gasteiger partial charge in [-0.1, -0.05) is 0 Å². The number of hydrogen-bond donors (Lipinski definition) is 1. The lowest BCUT2D eigenvalue weighted by Crippen LogP contribution is -2.36. The molecule has 2 unspecified atom stereocenters. The number of hydrogen-bond acceptors (Lipinski definition) is 5. The number of likely N-dealkylation sites (tertiary alicyclic amines) is 1. The lowest BCUT2D eigenvalue weighted by molar-refractivity contribution is 0.203. The number of nitrogen functional groups attached to an aromatic ring is 1. The number of rotatable bonds is 2. The van der Waals surface area contributed by atoms with Gasteiger partial charge < -0.3 is 10.2 Å². The first-order valence-electron chi connectivity index (χ1n) is 7.78. The van der Waals surface area contributed by atoms with Crippen LogP contribution < -0.4 is 5.73 Å². The highest BCUT2D eigenvalue weighted by molar-refractivity contribution is 5.76. The molecule has 1 aromatic heterocycles. The highest BCUT2D eigenvalue weighted by Gasteiger charge is 2.34. The maximum absolute atomic E-state index is 5.85. The maximum Gasteiger partial charge on any atom is 0.209 e. The van der Waals surface area contributed by atoms with Crippen molar-refractivity contribution < 1.29 is 4.42 Å². The first-order valence-corrected chi connectivity index (χ1v) is 7.78. The molecule has 2 aliphatic rings. The van der Waals surface area contributed by atoms with Crippen molar-refractivity contribution in [1.82, 2.24) is 14.8 Å². The van der Waals surface area contributed by atoms with Crippen LogP contribution in [0.4, 0.5) is 5.69 Å². The van der Waals surface area contributed by atoms with Crippen LogP contribution in [0.25, 0.3) is 11.1 Å². The minimum Gasteiger partial charge on any atom is -0.439 e. The van der Waals surface area contributed by atoms with E-state index >= 15 is 0 Å². The minimum absolute atomic E-state index is 0.692. The van der Waals surface area contributed by atoms with Crippen molar-refractivity contribution in [2.75, 3.05) is 25.9 Å². The Kier molecular flexibility index (Phi) is 3.12. The molecule has 5 heteroatoms. The number of anilines is 1. The monoisotopic (exact) mass is 286 g/mol. The molecule has 2 aromatic rings. The van der Waals surface area contributed by atoms with E-state index in [2.05, 4.69) is 21.8 Å². The van der Waals surface area contributed by atoms with Crippen LogP contribution in [0.2, 0.25) is 0 Å². The normalized spacial score (nSPS) is 27.3. The van der Waals surface area contributed by atoms with Crippen molar-refractivity contribution in [1.29, 1.82) is 0 Å². The van der Waals surface area contributed by atoms with E-state index in [0.717, 1.165) is 48.4 Å². The van der Waals surface area contributed by atoms with Crippen molar-refractivity contribution >= 4 is 16.8 Å². The highest BCUT2D eigenvalue weighted by Crippen LogP contribution is 2.29. The molecule has 2 N–H and O–H groups in total. The van der Waals surface area contributed by atoms with Crippen molar-refractivity contribution in [2.24, 2.45) is 0 Å². The molecular weight excluding hydrogens is 264 g/mol. The van der Waals surface area contributed by atoms with E-state index in [1.807, 2.05) is 18.2 Å². The van der Waals surface area contributed by atoms with Crippen LogP contribution >= 0.6 is 0 Å². The Morgan fingerprint density at radius 2 is 2.14 bits per heavy atom. The fraction of sp³-hybridized carbons (Fsp3) is 0.562. The summed E-state index contributed by atoms with van der Waals surface area (Å²) in [6, 6.07) is 7.10. The second-order valence-corrected chi connectivity index (χ2v) is 6.41. The van der Waals surface area contributed by atoms with Crippen LogP contribution in [-0.4, -0.2) is 47.0 Å². The van der Waals surface area contributed by atoms with Crippen LogP contribution in [0.5, 0.6) is 0 Å². The van der Waals surface area contributed by atoms with Crippen LogP contribution in [0.3, 0.4) is 0 Å². The Balaban J connectivity index is 1.52.